The molecule has 0 unspecified atom stereocenters. The Morgan fingerprint density at radius 3 is 1.90 bits per heavy atom. The Morgan fingerprint density at radius 1 is 0.769 bits per heavy atom. The van der Waals surface area contributed by atoms with Gasteiger partial charge < -0.3 is 19.1 Å². The van der Waals surface area contributed by atoms with Crippen LogP contribution in [0.5, 0.6) is 0 Å². The van der Waals surface area contributed by atoms with Crippen LogP contribution in [-0.4, -0.2) is 47.6 Å². The van der Waals surface area contributed by atoms with Gasteiger partial charge in [-0.3, -0.25) is 9.36 Å². The first-order chi connectivity index (χ1) is 19.2. The van der Waals surface area contributed by atoms with Crippen molar-refractivity contribution in [3.8, 4) is 0 Å². The van der Waals surface area contributed by atoms with Gasteiger partial charge in [-0.15, -0.1) is 0 Å². The van der Waals surface area contributed by atoms with Crippen LogP contribution in [0, 0.1) is 0 Å². The van der Waals surface area contributed by atoms with Crippen LogP contribution in [-0.2, 0) is 19.8 Å². The number of ether oxygens (including phenoxy) is 3. The molecule has 0 bridgehead atoms. The molecule has 0 saturated carbocycles. The minimum absolute atomic E-state index is 0.0686. The van der Waals surface area contributed by atoms with Crippen molar-refractivity contribution < 1.29 is 14.2 Å². The number of benzene rings is 3. The molecule has 7 nitrogen and oxygen atoms in total. The zero-order valence-corrected chi connectivity index (χ0v) is 21.6. The smallest absolute Gasteiger partial charge is 0.274 e. The maximum atomic E-state index is 12.1. The summed E-state index contributed by atoms with van der Waals surface area (Å²) in [6, 6.07) is 32.5. The van der Waals surface area contributed by atoms with E-state index in [4.69, 9.17) is 14.2 Å². The second kappa shape index (κ2) is 10.1. The largest absolute Gasteiger partial charge is 0.362 e. The number of epoxide rings is 1. The normalized spacial score (nSPS) is 24.1. The van der Waals surface area contributed by atoms with E-state index in [-0.39, 0.29) is 30.1 Å². The number of hydrogen-bond acceptors (Lipinski definition) is 6. The fourth-order valence-corrected chi connectivity index (χ4v) is 6.09. The molecule has 3 fully saturated rings. The van der Waals surface area contributed by atoms with E-state index < -0.39 is 5.60 Å². The van der Waals surface area contributed by atoms with Crippen molar-refractivity contribution in [2.24, 2.45) is 0 Å². The Balaban J connectivity index is 1.21. The monoisotopic (exact) mass is 521 g/mol. The highest BCUT2D eigenvalue weighted by Crippen LogP contribution is 2.48. The van der Waals surface area contributed by atoms with Gasteiger partial charge in [0.15, 0.2) is 6.23 Å². The van der Waals surface area contributed by atoms with E-state index >= 15 is 0 Å². The quantitative estimate of drug-likeness (QED) is 0.251. The van der Waals surface area contributed by atoms with Crippen molar-refractivity contribution in [1.29, 1.82) is 0 Å². The third kappa shape index (κ3) is 4.36. The molecule has 0 amide bonds. The molecule has 7 heteroatoms. The van der Waals surface area contributed by atoms with Crippen LogP contribution in [0.2, 0.25) is 0 Å². The highest BCUT2D eigenvalue weighted by molar-refractivity contribution is 5.47. The highest BCUT2D eigenvalue weighted by atomic mass is 16.7. The van der Waals surface area contributed by atoms with Gasteiger partial charge in [-0.1, -0.05) is 91.0 Å². The van der Waals surface area contributed by atoms with Gasteiger partial charge in [0.2, 0.25) is 5.95 Å². The van der Waals surface area contributed by atoms with Crippen molar-refractivity contribution in [2.75, 3.05) is 24.6 Å². The molecule has 39 heavy (non-hydrogen) atoms. The Labute approximate surface area is 227 Å². The van der Waals surface area contributed by atoms with Crippen molar-refractivity contribution in [3.63, 3.8) is 0 Å². The lowest BCUT2D eigenvalue weighted by atomic mass is 9.80. The average molecular weight is 522 g/mol. The minimum Gasteiger partial charge on any atom is -0.362 e. The highest BCUT2D eigenvalue weighted by Gasteiger charge is 2.59. The molecule has 1 aromatic heterocycles. The first-order valence-electron chi connectivity index (χ1n) is 13.7. The second-order valence-electron chi connectivity index (χ2n) is 10.4. The van der Waals surface area contributed by atoms with Gasteiger partial charge in [-0.05, 0) is 29.5 Å². The lowest BCUT2D eigenvalue weighted by molar-refractivity contribution is -0.116. The molecule has 4 aromatic rings. The topological polar surface area (TPSA) is 69.1 Å². The Hall–Kier alpha value is -3.78. The van der Waals surface area contributed by atoms with Crippen molar-refractivity contribution in [1.82, 2.24) is 9.55 Å². The lowest BCUT2D eigenvalue weighted by Crippen LogP contribution is -2.37. The van der Waals surface area contributed by atoms with Gasteiger partial charge in [0.05, 0.1) is 6.61 Å². The lowest BCUT2D eigenvalue weighted by Gasteiger charge is -2.37. The van der Waals surface area contributed by atoms with Crippen LogP contribution in [0.1, 0.15) is 35.8 Å². The standard InChI is InChI=1S/C32H31N3O4/c36-27-18-21-35(31(33-27)34-19-10-11-20-34)30-29-28(39-29)26(38-30)22-37-32(23-12-4-1-5-13-23,24-14-6-2-7-15-24)25-16-8-3-9-17-25/h1-9,12-18,21,26,28-30H,10-11,19-20,22H2/t26-,28+,29+,30-/m1/s1. The fourth-order valence-electron chi connectivity index (χ4n) is 6.09. The van der Waals surface area contributed by atoms with Gasteiger partial charge in [-0.25, -0.2) is 0 Å². The number of nitrogens with zero attached hydrogens (tertiary/aromatic N) is 3. The average Bonchev–Trinajstić information content (AvgIpc) is 3.42. The van der Waals surface area contributed by atoms with Crippen molar-refractivity contribution in [2.45, 2.75) is 43.0 Å². The summed E-state index contributed by atoms with van der Waals surface area (Å²) in [4.78, 5) is 18.7. The van der Waals surface area contributed by atoms with E-state index in [2.05, 4.69) is 46.3 Å². The van der Waals surface area contributed by atoms with E-state index in [0.29, 0.717) is 12.6 Å². The summed E-state index contributed by atoms with van der Waals surface area (Å²) in [6.07, 6.45) is 3.20. The first kappa shape index (κ1) is 24.3. The predicted octanol–water partition coefficient (Wildman–Crippen LogP) is 4.52. The zero-order chi connectivity index (χ0) is 26.2. The summed E-state index contributed by atoms with van der Waals surface area (Å²) in [5.41, 5.74) is 2.08. The van der Waals surface area contributed by atoms with E-state index in [1.807, 2.05) is 59.2 Å². The summed E-state index contributed by atoms with van der Waals surface area (Å²) in [5.74, 6) is 0.660. The molecule has 4 heterocycles. The fraction of sp³-hybridized carbons (Fsp3) is 0.312. The van der Waals surface area contributed by atoms with Crippen molar-refractivity contribution >= 4 is 5.95 Å². The van der Waals surface area contributed by atoms with Gasteiger partial charge in [0.25, 0.3) is 5.56 Å². The molecular weight excluding hydrogens is 490 g/mol. The van der Waals surface area contributed by atoms with E-state index in [0.717, 1.165) is 42.6 Å². The summed E-state index contributed by atoms with van der Waals surface area (Å²) in [7, 11) is 0. The van der Waals surface area contributed by atoms with Crippen LogP contribution < -0.4 is 10.5 Å². The maximum absolute atomic E-state index is 12.1. The Kier molecular flexibility index (Phi) is 6.27. The van der Waals surface area contributed by atoms with Crippen LogP contribution in [0.15, 0.2) is 108 Å². The van der Waals surface area contributed by atoms with Gasteiger partial charge in [0, 0.05) is 25.4 Å². The van der Waals surface area contributed by atoms with Crippen LogP contribution in [0.4, 0.5) is 5.95 Å². The summed E-state index contributed by atoms with van der Waals surface area (Å²) >= 11 is 0. The minimum atomic E-state index is -0.824. The third-order valence-electron chi connectivity index (χ3n) is 8.01. The van der Waals surface area contributed by atoms with Crippen LogP contribution in [0.25, 0.3) is 0 Å². The van der Waals surface area contributed by atoms with Crippen LogP contribution >= 0.6 is 0 Å². The predicted molar refractivity (Wildman–Crippen MR) is 148 cm³/mol. The second-order valence-corrected chi connectivity index (χ2v) is 10.4. The van der Waals surface area contributed by atoms with E-state index in [1.54, 1.807) is 6.20 Å². The maximum Gasteiger partial charge on any atom is 0.274 e. The van der Waals surface area contributed by atoms with E-state index in [9.17, 15) is 4.79 Å². The molecule has 0 spiro atoms. The number of fused-ring (bicyclic) bond motifs is 1. The number of rotatable bonds is 8. The number of anilines is 1. The van der Waals surface area contributed by atoms with Gasteiger partial charge in [0.1, 0.15) is 23.9 Å². The summed E-state index contributed by atoms with van der Waals surface area (Å²) in [5, 5.41) is 0. The molecule has 0 N–H and O–H groups in total. The Morgan fingerprint density at radius 2 is 1.33 bits per heavy atom. The van der Waals surface area contributed by atoms with Gasteiger partial charge >= 0.3 is 0 Å². The third-order valence-corrected chi connectivity index (χ3v) is 8.01. The molecule has 0 radical (unpaired) electrons. The molecular formula is C32H31N3O4. The van der Waals surface area contributed by atoms with Crippen LogP contribution in [0.3, 0.4) is 0 Å². The summed E-state index contributed by atoms with van der Waals surface area (Å²) in [6.45, 7) is 2.11. The zero-order valence-electron chi connectivity index (χ0n) is 21.6. The molecule has 7 rings (SSSR count). The first-order valence-corrected chi connectivity index (χ1v) is 13.7. The van der Waals surface area contributed by atoms with E-state index in [1.165, 1.54) is 6.07 Å². The molecule has 3 aromatic carbocycles. The molecule has 198 valence electrons. The number of hydrogen-bond donors (Lipinski definition) is 0. The molecule has 0 aliphatic carbocycles. The SMILES string of the molecule is O=c1ccn([C@@H]2O[C@H](COC(c3ccccc3)(c3ccccc3)c3ccccc3)[C@@H]3O[C@@H]32)c(N2CCCC2)n1. The summed E-state index contributed by atoms with van der Waals surface area (Å²) < 4.78 is 21.7. The Bertz CT molecular complexity index is 1380. The van der Waals surface area contributed by atoms with Gasteiger partial charge in [-0.2, -0.15) is 4.98 Å². The molecule has 3 aliphatic rings. The number of aromatic nitrogens is 2. The van der Waals surface area contributed by atoms with Crippen molar-refractivity contribution in [3.05, 3.63) is 130 Å². The molecule has 3 aliphatic heterocycles. The molecule has 3 saturated heterocycles. The molecule has 4 atom stereocenters.